The molecule has 0 saturated carbocycles. The number of rotatable bonds is 13. The Kier molecular flexibility index (Phi) is 10.5. The Morgan fingerprint density at radius 1 is 1.26 bits per heavy atom. The summed E-state index contributed by atoms with van der Waals surface area (Å²) in [6, 6.07) is -1.06. The van der Waals surface area contributed by atoms with Crippen molar-refractivity contribution in [3.8, 4) is 0 Å². The maximum Gasteiger partial charge on any atom is 0.320 e. The van der Waals surface area contributed by atoms with Gasteiger partial charge in [0.15, 0.2) is 5.78 Å². The third-order valence-corrected chi connectivity index (χ3v) is 3.52. The van der Waals surface area contributed by atoms with E-state index >= 15 is 0 Å². The van der Waals surface area contributed by atoms with Gasteiger partial charge in [0.2, 0.25) is 5.91 Å². The minimum absolute atomic E-state index is 0.0467. The molecule has 0 aromatic heterocycles. The largest absolute Gasteiger partial charge is 0.480 e. The standard InChI is InChI=1S/C16H26N2O5/c1-3-11(10-13(20)7-8-14(17)16(22)23)15(21)18-9-5-6-12(19)4-2/h4,11,14H,2-3,5-10,17H2,1H3,(H,18,21)(H,22,23). The lowest BCUT2D eigenvalue weighted by Crippen LogP contribution is -2.33. The van der Waals surface area contributed by atoms with Gasteiger partial charge >= 0.3 is 5.97 Å². The maximum atomic E-state index is 12.0. The monoisotopic (exact) mass is 326 g/mol. The highest BCUT2D eigenvalue weighted by molar-refractivity contribution is 5.89. The van der Waals surface area contributed by atoms with Gasteiger partial charge in [-0.05, 0) is 25.3 Å². The summed E-state index contributed by atoms with van der Waals surface area (Å²) < 4.78 is 0. The SMILES string of the molecule is C=CC(=O)CCCNC(=O)C(CC)CC(=O)CCC(N)C(=O)O. The van der Waals surface area contributed by atoms with Gasteiger partial charge in [-0.25, -0.2) is 0 Å². The normalized spacial score (nSPS) is 13.0. The lowest BCUT2D eigenvalue weighted by molar-refractivity contribution is -0.139. The average molecular weight is 326 g/mol. The van der Waals surface area contributed by atoms with E-state index in [1.807, 2.05) is 6.92 Å². The Morgan fingerprint density at radius 2 is 1.91 bits per heavy atom. The number of hydrogen-bond acceptors (Lipinski definition) is 5. The van der Waals surface area contributed by atoms with Crippen LogP contribution in [0.4, 0.5) is 0 Å². The molecule has 0 aliphatic carbocycles. The molecular formula is C16H26N2O5. The van der Waals surface area contributed by atoms with Crippen molar-refractivity contribution >= 4 is 23.4 Å². The molecule has 0 aliphatic rings. The van der Waals surface area contributed by atoms with E-state index in [1.54, 1.807) is 0 Å². The number of nitrogens with one attached hydrogen (secondary N) is 1. The zero-order valence-electron chi connectivity index (χ0n) is 13.5. The molecule has 0 bridgehead atoms. The Morgan fingerprint density at radius 3 is 2.43 bits per heavy atom. The van der Waals surface area contributed by atoms with Crippen LogP contribution in [0.3, 0.4) is 0 Å². The highest BCUT2D eigenvalue weighted by Gasteiger charge is 2.21. The second-order valence-electron chi connectivity index (χ2n) is 5.40. The molecule has 0 radical (unpaired) electrons. The fourth-order valence-electron chi connectivity index (χ4n) is 1.96. The number of ketones is 2. The molecule has 0 fully saturated rings. The van der Waals surface area contributed by atoms with Crippen LogP contribution in [-0.2, 0) is 19.2 Å². The van der Waals surface area contributed by atoms with Crippen molar-refractivity contribution in [3.63, 3.8) is 0 Å². The number of nitrogens with two attached hydrogens (primary N) is 1. The average Bonchev–Trinajstić information content (AvgIpc) is 2.53. The Hall–Kier alpha value is -2.02. The number of allylic oxidation sites excluding steroid dienone is 1. The number of amides is 1. The zero-order chi connectivity index (χ0) is 17.8. The summed E-state index contributed by atoms with van der Waals surface area (Å²) in [5.74, 6) is -2.06. The van der Waals surface area contributed by atoms with Crippen molar-refractivity contribution in [1.82, 2.24) is 5.32 Å². The van der Waals surface area contributed by atoms with Crippen LogP contribution in [0.1, 0.15) is 45.4 Å². The number of carboxylic acid groups (broad SMARTS) is 1. The molecule has 2 atom stereocenters. The highest BCUT2D eigenvalue weighted by Crippen LogP contribution is 2.12. The molecule has 0 aromatic rings. The van der Waals surface area contributed by atoms with Crippen molar-refractivity contribution in [2.24, 2.45) is 11.7 Å². The van der Waals surface area contributed by atoms with Gasteiger partial charge in [0.25, 0.3) is 0 Å². The van der Waals surface area contributed by atoms with Crippen molar-refractivity contribution in [2.45, 2.75) is 51.5 Å². The van der Waals surface area contributed by atoms with Crippen LogP contribution in [-0.4, -0.2) is 41.1 Å². The van der Waals surface area contributed by atoms with E-state index in [4.69, 9.17) is 10.8 Å². The molecular weight excluding hydrogens is 300 g/mol. The highest BCUT2D eigenvalue weighted by atomic mass is 16.4. The predicted molar refractivity (Wildman–Crippen MR) is 85.7 cm³/mol. The molecule has 4 N–H and O–H groups in total. The van der Waals surface area contributed by atoms with E-state index in [9.17, 15) is 19.2 Å². The minimum Gasteiger partial charge on any atom is -0.480 e. The van der Waals surface area contributed by atoms with E-state index in [0.29, 0.717) is 25.8 Å². The van der Waals surface area contributed by atoms with E-state index in [1.165, 1.54) is 6.08 Å². The van der Waals surface area contributed by atoms with Crippen LogP contribution in [0.25, 0.3) is 0 Å². The van der Waals surface area contributed by atoms with E-state index in [-0.39, 0.29) is 36.7 Å². The second kappa shape index (κ2) is 11.5. The zero-order valence-corrected chi connectivity index (χ0v) is 13.5. The number of aliphatic carboxylic acids is 1. The molecule has 0 saturated heterocycles. The number of carbonyl (C=O) groups is 4. The smallest absolute Gasteiger partial charge is 0.320 e. The van der Waals surface area contributed by atoms with Crippen LogP contribution < -0.4 is 11.1 Å². The number of carbonyl (C=O) groups excluding carboxylic acids is 3. The van der Waals surface area contributed by atoms with Crippen molar-refractivity contribution in [1.29, 1.82) is 0 Å². The first kappa shape index (κ1) is 21.0. The van der Waals surface area contributed by atoms with E-state index < -0.39 is 17.9 Å². The first-order valence-electron chi connectivity index (χ1n) is 7.74. The molecule has 7 heteroatoms. The van der Waals surface area contributed by atoms with Gasteiger partial charge in [0, 0.05) is 31.7 Å². The van der Waals surface area contributed by atoms with Crippen LogP contribution in [0.2, 0.25) is 0 Å². The van der Waals surface area contributed by atoms with Gasteiger partial charge in [-0.15, -0.1) is 0 Å². The number of Topliss-reactive ketones (excluding diaryl/α,β-unsaturated/α-hetero) is 1. The summed E-state index contributed by atoms with van der Waals surface area (Å²) in [6.07, 6.45) is 2.79. The van der Waals surface area contributed by atoms with Gasteiger partial charge in [-0.1, -0.05) is 13.5 Å². The van der Waals surface area contributed by atoms with Crippen molar-refractivity contribution < 1.29 is 24.3 Å². The molecule has 23 heavy (non-hydrogen) atoms. The first-order valence-corrected chi connectivity index (χ1v) is 7.74. The summed E-state index contributed by atoms with van der Waals surface area (Å²) in [4.78, 5) is 45.4. The quantitative estimate of drug-likeness (QED) is 0.340. The summed E-state index contributed by atoms with van der Waals surface area (Å²) in [5, 5.41) is 11.4. The second-order valence-corrected chi connectivity index (χ2v) is 5.40. The number of carboxylic acids is 1. The van der Waals surface area contributed by atoms with E-state index in [0.717, 1.165) is 0 Å². The van der Waals surface area contributed by atoms with Crippen LogP contribution >= 0.6 is 0 Å². The maximum absolute atomic E-state index is 12.0. The summed E-state index contributed by atoms with van der Waals surface area (Å²) in [7, 11) is 0. The van der Waals surface area contributed by atoms with Gasteiger partial charge in [0.1, 0.15) is 11.8 Å². The molecule has 1 amide bonds. The Labute approximate surface area is 136 Å². The number of hydrogen-bond donors (Lipinski definition) is 3. The predicted octanol–water partition coefficient (Wildman–Crippen LogP) is 0.815. The lowest BCUT2D eigenvalue weighted by atomic mass is 9.95. The van der Waals surface area contributed by atoms with Crippen molar-refractivity contribution in [2.75, 3.05) is 6.54 Å². The van der Waals surface area contributed by atoms with Crippen molar-refractivity contribution in [3.05, 3.63) is 12.7 Å². The van der Waals surface area contributed by atoms with Crippen LogP contribution in [0.5, 0.6) is 0 Å². The Bertz CT molecular complexity index is 448. The fourth-order valence-corrected chi connectivity index (χ4v) is 1.96. The fraction of sp³-hybridized carbons (Fsp3) is 0.625. The molecule has 0 heterocycles. The topological polar surface area (TPSA) is 127 Å². The molecule has 0 aliphatic heterocycles. The molecule has 0 spiro atoms. The van der Waals surface area contributed by atoms with Gasteiger partial charge < -0.3 is 16.2 Å². The Balaban J connectivity index is 4.13. The lowest BCUT2D eigenvalue weighted by Gasteiger charge is -2.14. The third-order valence-electron chi connectivity index (χ3n) is 3.52. The molecule has 7 nitrogen and oxygen atoms in total. The minimum atomic E-state index is -1.14. The van der Waals surface area contributed by atoms with Gasteiger partial charge in [-0.3, -0.25) is 19.2 Å². The third kappa shape index (κ3) is 9.57. The molecule has 130 valence electrons. The van der Waals surface area contributed by atoms with Gasteiger partial charge in [-0.2, -0.15) is 0 Å². The van der Waals surface area contributed by atoms with E-state index in [2.05, 4.69) is 11.9 Å². The molecule has 0 aromatic carbocycles. The van der Waals surface area contributed by atoms with Crippen LogP contribution in [0, 0.1) is 5.92 Å². The molecule has 2 unspecified atom stereocenters. The van der Waals surface area contributed by atoms with Gasteiger partial charge in [0.05, 0.1) is 0 Å². The first-order chi connectivity index (χ1) is 10.8. The van der Waals surface area contributed by atoms with Crippen LogP contribution in [0.15, 0.2) is 12.7 Å². The summed E-state index contributed by atoms with van der Waals surface area (Å²) in [6.45, 7) is 5.54. The summed E-state index contributed by atoms with van der Waals surface area (Å²) >= 11 is 0. The molecule has 0 rings (SSSR count). The summed E-state index contributed by atoms with van der Waals surface area (Å²) in [5.41, 5.74) is 5.34.